The minimum absolute atomic E-state index is 0.190. The van der Waals surface area contributed by atoms with Gasteiger partial charge < -0.3 is 9.80 Å². The van der Waals surface area contributed by atoms with E-state index in [4.69, 9.17) is 0 Å². The number of benzene rings is 5. The van der Waals surface area contributed by atoms with Crippen LogP contribution < -0.4 is 9.80 Å². The van der Waals surface area contributed by atoms with Crippen LogP contribution in [0.5, 0.6) is 0 Å². The Morgan fingerprint density at radius 1 is 0.667 bits per heavy atom. The summed E-state index contributed by atoms with van der Waals surface area (Å²) < 4.78 is 0. The van der Waals surface area contributed by atoms with Crippen molar-refractivity contribution in [1.82, 2.24) is 0 Å². The van der Waals surface area contributed by atoms with Gasteiger partial charge in [-0.2, -0.15) is 0 Å². The van der Waals surface area contributed by atoms with Crippen LogP contribution in [0.3, 0.4) is 0 Å². The fourth-order valence-corrected chi connectivity index (χ4v) is 7.30. The summed E-state index contributed by atoms with van der Waals surface area (Å²) in [6.07, 6.45) is 2.22. The van der Waals surface area contributed by atoms with Crippen molar-refractivity contribution in [3.63, 3.8) is 0 Å². The van der Waals surface area contributed by atoms with Crippen molar-refractivity contribution < 1.29 is 0 Å². The van der Waals surface area contributed by atoms with E-state index in [0.29, 0.717) is 5.92 Å². The van der Waals surface area contributed by atoms with Crippen molar-refractivity contribution in [2.45, 2.75) is 39.5 Å². The first-order chi connectivity index (χ1) is 19.0. The lowest BCUT2D eigenvalue weighted by atomic mass is 9.63. The molecule has 5 aromatic carbocycles. The third-order valence-electron chi connectivity index (χ3n) is 9.51. The van der Waals surface area contributed by atoms with Crippen LogP contribution in [0, 0.1) is 12.3 Å². The highest BCUT2D eigenvalue weighted by molar-refractivity contribution is 6.08. The largest absolute Gasteiger partial charge is 0.368 e. The summed E-state index contributed by atoms with van der Waals surface area (Å²) in [4.78, 5) is 5.13. The van der Waals surface area contributed by atoms with Crippen LogP contribution in [0.4, 0.5) is 11.4 Å². The summed E-state index contributed by atoms with van der Waals surface area (Å²) in [6, 6.07) is 36.5. The second-order valence-corrected chi connectivity index (χ2v) is 12.4. The van der Waals surface area contributed by atoms with Crippen LogP contribution in [0.15, 0.2) is 97.1 Å². The zero-order chi connectivity index (χ0) is 26.6. The van der Waals surface area contributed by atoms with Gasteiger partial charge in [-0.3, -0.25) is 0 Å². The highest BCUT2D eigenvalue weighted by Crippen LogP contribution is 2.48. The minimum atomic E-state index is 0.190. The van der Waals surface area contributed by atoms with Gasteiger partial charge in [-0.1, -0.05) is 92.7 Å². The normalized spacial score (nSPS) is 18.9. The third kappa shape index (κ3) is 4.27. The minimum Gasteiger partial charge on any atom is -0.368 e. The smallest absolute Gasteiger partial charge is 0.0397 e. The summed E-state index contributed by atoms with van der Waals surface area (Å²) in [5.74, 6) is 0.510. The van der Waals surface area contributed by atoms with Crippen molar-refractivity contribution in [3.8, 4) is 0 Å². The fraction of sp³-hybridized carbons (Fsp3) is 0.297. The Labute approximate surface area is 232 Å². The summed E-state index contributed by atoms with van der Waals surface area (Å²) in [5.41, 5.74) is 8.89. The molecular formula is C37H38N2. The highest BCUT2D eigenvalue weighted by atomic mass is 15.3. The van der Waals surface area contributed by atoms with E-state index in [1.54, 1.807) is 5.56 Å². The van der Waals surface area contributed by atoms with Crippen molar-refractivity contribution in [2.75, 3.05) is 36.0 Å². The van der Waals surface area contributed by atoms with Gasteiger partial charge in [0.05, 0.1) is 0 Å². The van der Waals surface area contributed by atoms with Gasteiger partial charge >= 0.3 is 0 Å². The van der Waals surface area contributed by atoms with Gasteiger partial charge in [-0.05, 0) is 93.1 Å². The molecule has 0 radical (unpaired) electrons. The van der Waals surface area contributed by atoms with Gasteiger partial charge in [0.15, 0.2) is 0 Å². The molecule has 1 heterocycles. The number of anilines is 2. The molecule has 7 rings (SSSR count). The Morgan fingerprint density at radius 2 is 1.41 bits per heavy atom. The average molecular weight is 511 g/mol. The maximum Gasteiger partial charge on any atom is 0.0397 e. The van der Waals surface area contributed by atoms with Crippen LogP contribution in [-0.2, 0) is 12.8 Å². The quantitative estimate of drug-likeness (QED) is 0.224. The Morgan fingerprint density at radius 3 is 2.26 bits per heavy atom. The van der Waals surface area contributed by atoms with Gasteiger partial charge in [0, 0.05) is 37.6 Å². The molecule has 1 saturated heterocycles. The molecule has 0 saturated carbocycles. The van der Waals surface area contributed by atoms with E-state index in [0.717, 1.165) is 39.0 Å². The molecule has 0 aromatic heterocycles. The van der Waals surface area contributed by atoms with E-state index in [2.05, 4.69) is 128 Å². The first kappa shape index (κ1) is 24.3. The molecule has 2 heteroatoms. The number of piperazine rings is 1. The number of nitrogens with zero attached hydrogens (tertiary/aromatic N) is 2. The average Bonchev–Trinajstić information content (AvgIpc) is 2.96. The molecule has 0 amide bonds. The summed E-state index contributed by atoms with van der Waals surface area (Å²) in [6.45, 7) is 11.4. The lowest BCUT2D eigenvalue weighted by molar-refractivity contribution is 0.264. The lowest BCUT2D eigenvalue weighted by Crippen LogP contribution is -2.46. The van der Waals surface area contributed by atoms with Gasteiger partial charge in [0.2, 0.25) is 0 Å². The Bertz CT molecular complexity index is 1670. The van der Waals surface area contributed by atoms with Crippen molar-refractivity contribution in [3.05, 3.63) is 119 Å². The van der Waals surface area contributed by atoms with Crippen molar-refractivity contribution >= 4 is 32.9 Å². The van der Waals surface area contributed by atoms with Crippen molar-refractivity contribution in [1.29, 1.82) is 0 Å². The molecule has 196 valence electrons. The molecule has 5 aromatic rings. The second-order valence-electron chi connectivity index (χ2n) is 12.4. The first-order valence-electron chi connectivity index (χ1n) is 14.6. The first-order valence-corrected chi connectivity index (χ1v) is 14.6. The van der Waals surface area contributed by atoms with Gasteiger partial charge in [0.25, 0.3) is 0 Å². The molecule has 1 aliphatic heterocycles. The van der Waals surface area contributed by atoms with Crippen molar-refractivity contribution in [2.24, 2.45) is 5.41 Å². The topological polar surface area (TPSA) is 6.48 Å². The van der Waals surface area contributed by atoms with Crippen LogP contribution >= 0.6 is 0 Å². The van der Waals surface area contributed by atoms with Crippen LogP contribution in [-0.4, -0.2) is 26.2 Å². The molecule has 1 atom stereocenters. The lowest BCUT2D eigenvalue weighted by Gasteiger charge is -2.42. The molecule has 0 spiro atoms. The third-order valence-corrected chi connectivity index (χ3v) is 9.51. The molecule has 2 nitrogen and oxygen atoms in total. The van der Waals surface area contributed by atoms with Gasteiger partial charge in [-0.15, -0.1) is 0 Å². The maximum atomic E-state index is 2.58. The van der Waals surface area contributed by atoms with Crippen LogP contribution in [0.1, 0.15) is 42.0 Å². The molecular weight excluding hydrogens is 472 g/mol. The second kappa shape index (κ2) is 9.45. The molecule has 1 aliphatic carbocycles. The number of hydrogen-bond donors (Lipinski definition) is 0. The summed E-state index contributed by atoms with van der Waals surface area (Å²) >= 11 is 0. The molecule has 39 heavy (non-hydrogen) atoms. The zero-order valence-electron chi connectivity index (χ0n) is 23.5. The SMILES string of the molecule is Cc1ccccc1N1CCN(c2cccc(C3Cc4ccc5c(ccc6ccccc65)c4CC3(C)C)c2)CC1. The van der Waals surface area contributed by atoms with E-state index in [9.17, 15) is 0 Å². The molecule has 1 unspecified atom stereocenters. The summed E-state index contributed by atoms with van der Waals surface area (Å²) in [5, 5.41) is 5.54. The number of hydrogen-bond acceptors (Lipinski definition) is 2. The van der Waals surface area contributed by atoms with E-state index >= 15 is 0 Å². The predicted molar refractivity (Wildman–Crippen MR) is 167 cm³/mol. The molecule has 0 bridgehead atoms. The molecule has 0 N–H and O–H groups in total. The maximum absolute atomic E-state index is 2.58. The Balaban J connectivity index is 1.16. The van der Waals surface area contributed by atoms with E-state index in [-0.39, 0.29) is 5.41 Å². The molecule has 2 aliphatic rings. The van der Waals surface area contributed by atoms with E-state index < -0.39 is 0 Å². The highest BCUT2D eigenvalue weighted by Gasteiger charge is 2.37. The van der Waals surface area contributed by atoms with Crippen LogP contribution in [0.2, 0.25) is 0 Å². The standard InChI is InChI=1S/C37H38N2/c1-26-9-4-7-14-36(26)39-21-19-38(20-22-39)30-12-8-11-29(23-30)35-24-28-16-18-32-31-13-6-5-10-27(31)15-17-33(32)34(28)25-37(35,2)3/h4-18,23,35H,19-22,24-25H2,1-3H3. The monoisotopic (exact) mass is 510 g/mol. The fourth-order valence-electron chi connectivity index (χ4n) is 7.30. The Hall–Kier alpha value is -3.78. The van der Waals surface area contributed by atoms with Crippen LogP contribution in [0.25, 0.3) is 21.5 Å². The summed E-state index contributed by atoms with van der Waals surface area (Å²) in [7, 11) is 0. The molecule has 1 fully saturated rings. The van der Waals surface area contributed by atoms with Gasteiger partial charge in [-0.25, -0.2) is 0 Å². The number of aryl methyl sites for hydroxylation is 1. The van der Waals surface area contributed by atoms with Gasteiger partial charge in [0.1, 0.15) is 0 Å². The number of rotatable bonds is 3. The number of fused-ring (bicyclic) bond motifs is 5. The predicted octanol–water partition coefficient (Wildman–Crippen LogP) is 8.54. The zero-order valence-corrected chi connectivity index (χ0v) is 23.5. The van der Waals surface area contributed by atoms with E-state index in [1.165, 1.54) is 49.6 Å². The van der Waals surface area contributed by atoms with E-state index in [1.807, 2.05) is 0 Å². The Kier molecular flexibility index (Phi) is 5.88. The number of para-hydroxylation sites is 1.